The molecule has 0 aliphatic heterocycles. The van der Waals surface area contributed by atoms with Crippen LogP contribution < -0.4 is 10.6 Å². The molecule has 5 unspecified atom stereocenters. The zero-order valence-corrected chi connectivity index (χ0v) is 16.4. The number of fused-ring (bicyclic) bond motifs is 2. The molecule has 4 nitrogen and oxygen atoms in total. The minimum absolute atomic E-state index is 0.247. The topological polar surface area (TPSA) is 50.4 Å². The van der Waals surface area contributed by atoms with E-state index < -0.39 is 5.60 Å². The van der Waals surface area contributed by atoms with Crippen LogP contribution in [-0.4, -0.2) is 29.8 Å². The first-order valence-corrected chi connectivity index (χ1v) is 9.77. The second-order valence-corrected chi connectivity index (χ2v) is 10.2. The molecule has 3 saturated carbocycles. The van der Waals surface area contributed by atoms with Crippen molar-refractivity contribution in [1.29, 1.82) is 0 Å². The van der Waals surface area contributed by atoms with E-state index in [1.807, 2.05) is 20.8 Å². The van der Waals surface area contributed by atoms with Gasteiger partial charge in [-0.2, -0.15) is 0 Å². The maximum atomic E-state index is 12.0. The number of carbonyl (C=O) groups excluding carboxylic acids is 1. The lowest BCUT2D eigenvalue weighted by Crippen LogP contribution is -2.48. The Morgan fingerprint density at radius 1 is 1.04 bits per heavy atom. The van der Waals surface area contributed by atoms with Gasteiger partial charge in [0.25, 0.3) is 0 Å². The average Bonchev–Trinajstić information content (AvgIpc) is 2.99. The fourth-order valence-electron chi connectivity index (χ4n) is 5.48. The highest BCUT2D eigenvalue weighted by Crippen LogP contribution is 2.65. The third kappa shape index (κ3) is 3.18. The van der Waals surface area contributed by atoms with Crippen LogP contribution in [0.25, 0.3) is 0 Å². The summed E-state index contributed by atoms with van der Waals surface area (Å²) in [6, 6.07) is 1.41. The Hall–Kier alpha value is -0.770. The van der Waals surface area contributed by atoms with Crippen LogP contribution in [0.1, 0.15) is 80.1 Å². The van der Waals surface area contributed by atoms with Crippen molar-refractivity contribution in [1.82, 2.24) is 10.6 Å². The van der Waals surface area contributed by atoms with Gasteiger partial charge < -0.3 is 15.4 Å². The molecule has 138 valence electrons. The van der Waals surface area contributed by atoms with Crippen molar-refractivity contribution < 1.29 is 9.53 Å². The van der Waals surface area contributed by atoms with Crippen molar-refractivity contribution in [2.24, 2.45) is 16.7 Å². The van der Waals surface area contributed by atoms with E-state index in [1.165, 1.54) is 19.3 Å². The van der Waals surface area contributed by atoms with Crippen LogP contribution in [0.4, 0.5) is 4.79 Å². The molecule has 0 aromatic rings. The highest BCUT2D eigenvalue weighted by Gasteiger charge is 2.61. The quantitative estimate of drug-likeness (QED) is 0.810. The lowest BCUT2D eigenvalue weighted by molar-refractivity contribution is 0.0504. The van der Waals surface area contributed by atoms with Crippen LogP contribution in [0, 0.1) is 16.7 Å². The van der Waals surface area contributed by atoms with Crippen molar-refractivity contribution in [3.8, 4) is 0 Å². The van der Waals surface area contributed by atoms with Gasteiger partial charge in [-0.3, -0.25) is 0 Å². The predicted octanol–water partition coefficient (Wildman–Crippen LogP) is 4.24. The number of hydrogen-bond donors (Lipinski definition) is 2. The lowest BCUT2D eigenvalue weighted by Gasteiger charge is -2.40. The highest BCUT2D eigenvalue weighted by atomic mass is 16.6. The molecule has 24 heavy (non-hydrogen) atoms. The summed E-state index contributed by atoms with van der Waals surface area (Å²) in [4.78, 5) is 12.0. The van der Waals surface area contributed by atoms with E-state index in [1.54, 1.807) is 0 Å². The van der Waals surface area contributed by atoms with Crippen LogP contribution in [0.2, 0.25) is 0 Å². The Labute approximate surface area is 147 Å². The van der Waals surface area contributed by atoms with E-state index in [0.717, 1.165) is 25.2 Å². The SMILES string of the molecule is CC(C)(C)OC(=O)NC1CCC(NC2CC3CCC2(C)C3(C)C)C1. The number of rotatable bonds is 3. The van der Waals surface area contributed by atoms with Crippen LogP contribution in [-0.2, 0) is 4.74 Å². The van der Waals surface area contributed by atoms with Crippen molar-refractivity contribution >= 4 is 6.09 Å². The Morgan fingerprint density at radius 2 is 1.71 bits per heavy atom. The molecule has 0 radical (unpaired) electrons. The van der Waals surface area contributed by atoms with E-state index in [4.69, 9.17) is 4.74 Å². The molecule has 3 aliphatic carbocycles. The highest BCUT2D eigenvalue weighted by molar-refractivity contribution is 5.68. The number of amides is 1. The number of ether oxygens (including phenoxy) is 1. The zero-order chi connectivity index (χ0) is 17.8. The van der Waals surface area contributed by atoms with Gasteiger partial charge in [0.1, 0.15) is 5.60 Å². The number of alkyl carbamates (subject to hydrolysis) is 1. The van der Waals surface area contributed by atoms with Crippen LogP contribution in [0.3, 0.4) is 0 Å². The van der Waals surface area contributed by atoms with Gasteiger partial charge >= 0.3 is 6.09 Å². The maximum Gasteiger partial charge on any atom is 0.407 e. The summed E-state index contributed by atoms with van der Waals surface area (Å²) in [5, 5.41) is 7.01. The molecule has 0 saturated heterocycles. The molecule has 4 heteroatoms. The molecule has 2 bridgehead atoms. The zero-order valence-electron chi connectivity index (χ0n) is 16.4. The molecule has 0 heterocycles. The van der Waals surface area contributed by atoms with Gasteiger partial charge in [0.15, 0.2) is 0 Å². The molecule has 1 amide bonds. The van der Waals surface area contributed by atoms with Gasteiger partial charge in [-0.15, -0.1) is 0 Å². The van der Waals surface area contributed by atoms with Gasteiger partial charge in [0.2, 0.25) is 0 Å². The first kappa shape index (κ1) is 18.0. The molecular weight excluding hydrogens is 300 g/mol. The molecule has 5 atom stereocenters. The summed E-state index contributed by atoms with van der Waals surface area (Å²) in [6.07, 6.45) is 7.03. The number of nitrogens with one attached hydrogen (secondary N) is 2. The molecule has 3 rings (SSSR count). The molecule has 0 aromatic heterocycles. The summed E-state index contributed by atoms with van der Waals surface area (Å²) in [5.41, 5.74) is 0.454. The minimum atomic E-state index is -0.427. The summed E-state index contributed by atoms with van der Waals surface area (Å²) in [7, 11) is 0. The van der Waals surface area contributed by atoms with E-state index in [0.29, 0.717) is 22.9 Å². The van der Waals surface area contributed by atoms with Gasteiger partial charge in [-0.25, -0.2) is 4.79 Å². The third-order valence-corrected chi connectivity index (χ3v) is 7.38. The molecule has 2 N–H and O–H groups in total. The van der Waals surface area contributed by atoms with Gasteiger partial charge in [-0.1, -0.05) is 20.8 Å². The van der Waals surface area contributed by atoms with Crippen molar-refractivity contribution in [2.75, 3.05) is 0 Å². The molecule has 0 aromatic carbocycles. The van der Waals surface area contributed by atoms with Gasteiger partial charge in [0.05, 0.1) is 0 Å². The van der Waals surface area contributed by atoms with Crippen LogP contribution in [0.5, 0.6) is 0 Å². The van der Waals surface area contributed by atoms with Crippen molar-refractivity contribution in [2.45, 2.75) is 104 Å². The Morgan fingerprint density at radius 3 is 2.25 bits per heavy atom. The smallest absolute Gasteiger partial charge is 0.407 e. The number of carbonyl (C=O) groups is 1. The summed E-state index contributed by atoms with van der Waals surface area (Å²) >= 11 is 0. The predicted molar refractivity (Wildman–Crippen MR) is 96.9 cm³/mol. The fourth-order valence-corrected chi connectivity index (χ4v) is 5.48. The standard InChI is InChI=1S/C20H36N2O2/c1-18(2,3)24-17(23)22-15-8-7-14(12-15)21-16-11-13-9-10-20(16,6)19(13,4)5/h13-16,21H,7-12H2,1-6H3,(H,22,23). The van der Waals surface area contributed by atoms with Crippen molar-refractivity contribution in [3.05, 3.63) is 0 Å². The second-order valence-electron chi connectivity index (χ2n) is 10.2. The first-order valence-electron chi connectivity index (χ1n) is 9.77. The van der Waals surface area contributed by atoms with E-state index in [-0.39, 0.29) is 12.1 Å². The third-order valence-electron chi connectivity index (χ3n) is 7.38. The molecule has 3 aliphatic rings. The summed E-state index contributed by atoms with van der Waals surface area (Å²) in [6.45, 7) is 13.1. The molecular formula is C20H36N2O2. The number of hydrogen-bond acceptors (Lipinski definition) is 3. The van der Waals surface area contributed by atoms with Crippen LogP contribution in [0.15, 0.2) is 0 Å². The van der Waals surface area contributed by atoms with Crippen molar-refractivity contribution in [3.63, 3.8) is 0 Å². The molecule has 0 spiro atoms. The normalized spacial score (nSPS) is 40.8. The molecule has 3 fully saturated rings. The maximum absolute atomic E-state index is 12.0. The van der Waals surface area contributed by atoms with E-state index in [2.05, 4.69) is 31.4 Å². The monoisotopic (exact) mass is 336 g/mol. The largest absolute Gasteiger partial charge is 0.444 e. The lowest BCUT2D eigenvalue weighted by atomic mass is 9.69. The summed E-state index contributed by atoms with van der Waals surface area (Å²) in [5.74, 6) is 0.872. The van der Waals surface area contributed by atoms with Crippen LogP contribution >= 0.6 is 0 Å². The Kier molecular flexibility index (Phi) is 4.43. The van der Waals surface area contributed by atoms with Gasteiger partial charge in [-0.05, 0) is 76.0 Å². The summed E-state index contributed by atoms with van der Waals surface area (Å²) < 4.78 is 5.38. The Bertz CT molecular complexity index is 496. The van der Waals surface area contributed by atoms with E-state index >= 15 is 0 Å². The second kappa shape index (κ2) is 5.89. The first-order chi connectivity index (χ1) is 11.0. The fraction of sp³-hybridized carbons (Fsp3) is 0.950. The minimum Gasteiger partial charge on any atom is -0.444 e. The Balaban J connectivity index is 1.50. The van der Waals surface area contributed by atoms with Gasteiger partial charge in [0, 0.05) is 18.1 Å². The average molecular weight is 337 g/mol. The van der Waals surface area contributed by atoms with E-state index in [9.17, 15) is 4.79 Å².